The molecule has 0 radical (unpaired) electrons. The largest absolute Gasteiger partial charge is 0.445 e. The lowest BCUT2D eigenvalue weighted by atomic mass is 10.0. The molecule has 0 heterocycles. The van der Waals surface area contributed by atoms with E-state index in [2.05, 4.69) is 28.2 Å². The van der Waals surface area contributed by atoms with Gasteiger partial charge in [0, 0.05) is 11.0 Å². The molecule has 0 saturated heterocycles. The van der Waals surface area contributed by atoms with Crippen LogP contribution in [0.1, 0.15) is 24.0 Å². The molecular formula is C17H18BrNO2. The van der Waals surface area contributed by atoms with Crippen molar-refractivity contribution in [2.24, 2.45) is 0 Å². The van der Waals surface area contributed by atoms with Crippen molar-refractivity contribution in [1.82, 2.24) is 5.32 Å². The predicted octanol–water partition coefficient (Wildman–Crippen LogP) is 4.48. The number of carbonyl (C=O) groups excluding carboxylic acids is 1. The molecule has 0 spiro atoms. The Morgan fingerprint density at radius 3 is 2.48 bits per heavy atom. The third kappa shape index (κ3) is 5.23. The van der Waals surface area contributed by atoms with E-state index in [1.807, 2.05) is 54.6 Å². The van der Waals surface area contributed by atoms with Crippen LogP contribution in [0.25, 0.3) is 0 Å². The first-order valence-corrected chi connectivity index (χ1v) is 7.64. The second-order valence-electron chi connectivity index (χ2n) is 4.90. The molecule has 1 unspecified atom stereocenters. The van der Waals surface area contributed by atoms with Crippen LogP contribution in [0.15, 0.2) is 59.1 Å². The number of benzene rings is 2. The van der Waals surface area contributed by atoms with Crippen LogP contribution in [0.2, 0.25) is 0 Å². The lowest BCUT2D eigenvalue weighted by molar-refractivity contribution is 0.139. The van der Waals surface area contributed by atoms with Crippen LogP contribution in [-0.4, -0.2) is 12.6 Å². The Morgan fingerprint density at radius 1 is 1.14 bits per heavy atom. The van der Waals surface area contributed by atoms with E-state index in [4.69, 9.17) is 4.74 Å². The predicted molar refractivity (Wildman–Crippen MR) is 87.2 cm³/mol. The fourth-order valence-electron chi connectivity index (χ4n) is 1.92. The maximum atomic E-state index is 11.7. The molecule has 2 aromatic carbocycles. The summed E-state index contributed by atoms with van der Waals surface area (Å²) >= 11 is 3.41. The Labute approximate surface area is 133 Å². The Hall–Kier alpha value is -1.81. The van der Waals surface area contributed by atoms with E-state index >= 15 is 0 Å². The molecule has 1 N–H and O–H groups in total. The molecule has 0 aromatic heterocycles. The zero-order valence-corrected chi connectivity index (χ0v) is 13.5. The number of alkyl carbamates (subject to hydrolysis) is 1. The standard InChI is InChI=1S/C17H18BrNO2/c1-13(15-7-9-16(18)10-8-15)11-19-17(20)21-12-14-5-3-2-4-6-14/h2-10,13H,11-12H2,1H3,(H,19,20). The summed E-state index contributed by atoms with van der Waals surface area (Å²) < 4.78 is 6.23. The highest BCUT2D eigenvalue weighted by molar-refractivity contribution is 9.10. The average molecular weight is 348 g/mol. The van der Waals surface area contributed by atoms with E-state index in [-0.39, 0.29) is 12.0 Å². The summed E-state index contributed by atoms with van der Waals surface area (Å²) in [6, 6.07) is 17.7. The quantitative estimate of drug-likeness (QED) is 0.865. The van der Waals surface area contributed by atoms with Gasteiger partial charge in [0.05, 0.1) is 0 Å². The van der Waals surface area contributed by atoms with Gasteiger partial charge in [-0.05, 0) is 29.2 Å². The number of halogens is 1. The van der Waals surface area contributed by atoms with Crippen LogP contribution in [-0.2, 0) is 11.3 Å². The van der Waals surface area contributed by atoms with Gasteiger partial charge >= 0.3 is 6.09 Å². The van der Waals surface area contributed by atoms with Crippen LogP contribution in [0.4, 0.5) is 4.79 Å². The van der Waals surface area contributed by atoms with Gasteiger partial charge in [-0.3, -0.25) is 0 Å². The highest BCUT2D eigenvalue weighted by atomic mass is 79.9. The first-order valence-electron chi connectivity index (χ1n) is 6.85. The fourth-order valence-corrected chi connectivity index (χ4v) is 2.18. The monoisotopic (exact) mass is 347 g/mol. The van der Waals surface area contributed by atoms with E-state index in [0.717, 1.165) is 10.0 Å². The van der Waals surface area contributed by atoms with Crippen molar-refractivity contribution in [2.75, 3.05) is 6.54 Å². The molecule has 0 aliphatic carbocycles. The van der Waals surface area contributed by atoms with Crippen molar-refractivity contribution in [3.63, 3.8) is 0 Å². The Bertz CT molecular complexity index is 569. The molecule has 2 aromatic rings. The van der Waals surface area contributed by atoms with Gasteiger partial charge in [-0.15, -0.1) is 0 Å². The van der Waals surface area contributed by atoms with Gasteiger partial charge in [-0.2, -0.15) is 0 Å². The van der Waals surface area contributed by atoms with Gasteiger partial charge in [0.2, 0.25) is 0 Å². The topological polar surface area (TPSA) is 38.3 Å². The summed E-state index contributed by atoms with van der Waals surface area (Å²) in [7, 11) is 0. The number of ether oxygens (including phenoxy) is 1. The zero-order valence-electron chi connectivity index (χ0n) is 11.9. The van der Waals surface area contributed by atoms with Gasteiger partial charge < -0.3 is 10.1 Å². The van der Waals surface area contributed by atoms with Crippen LogP contribution >= 0.6 is 15.9 Å². The molecule has 110 valence electrons. The molecule has 0 aliphatic heterocycles. The summed E-state index contributed by atoms with van der Waals surface area (Å²) in [4.78, 5) is 11.7. The van der Waals surface area contributed by atoms with Crippen molar-refractivity contribution in [3.05, 3.63) is 70.2 Å². The van der Waals surface area contributed by atoms with Crippen LogP contribution in [0.5, 0.6) is 0 Å². The number of nitrogens with one attached hydrogen (secondary N) is 1. The SMILES string of the molecule is CC(CNC(=O)OCc1ccccc1)c1ccc(Br)cc1. The fraction of sp³-hybridized carbons (Fsp3) is 0.235. The van der Waals surface area contributed by atoms with Crippen LogP contribution < -0.4 is 5.32 Å². The van der Waals surface area contributed by atoms with Crippen molar-refractivity contribution in [3.8, 4) is 0 Å². The van der Waals surface area contributed by atoms with Crippen molar-refractivity contribution < 1.29 is 9.53 Å². The third-order valence-corrected chi connectivity index (χ3v) is 3.73. The summed E-state index contributed by atoms with van der Waals surface area (Å²) in [6.45, 7) is 2.91. The van der Waals surface area contributed by atoms with E-state index in [0.29, 0.717) is 13.2 Å². The summed E-state index contributed by atoms with van der Waals surface area (Å²) in [5, 5.41) is 2.79. The number of hydrogen-bond acceptors (Lipinski definition) is 2. The van der Waals surface area contributed by atoms with Crippen LogP contribution in [0.3, 0.4) is 0 Å². The molecule has 0 bridgehead atoms. The van der Waals surface area contributed by atoms with Crippen molar-refractivity contribution in [1.29, 1.82) is 0 Å². The van der Waals surface area contributed by atoms with Crippen molar-refractivity contribution >= 4 is 22.0 Å². The molecule has 21 heavy (non-hydrogen) atoms. The van der Waals surface area contributed by atoms with Gasteiger partial charge in [-0.1, -0.05) is 65.3 Å². The summed E-state index contributed by atoms with van der Waals surface area (Å²) in [5.41, 5.74) is 2.16. The molecular weight excluding hydrogens is 330 g/mol. The van der Waals surface area contributed by atoms with Gasteiger partial charge in [0.1, 0.15) is 6.61 Å². The lowest BCUT2D eigenvalue weighted by Gasteiger charge is -2.13. The second-order valence-corrected chi connectivity index (χ2v) is 5.81. The minimum Gasteiger partial charge on any atom is -0.445 e. The zero-order chi connectivity index (χ0) is 15.1. The molecule has 2 rings (SSSR count). The molecule has 0 aliphatic rings. The normalized spacial score (nSPS) is 11.7. The molecule has 0 fully saturated rings. The molecule has 1 atom stereocenters. The Morgan fingerprint density at radius 2 is 1.81 bits per heavy atom. The molecule has 0 saturated carbocycles. The van der Waals surface area contributed by atoms with E-state index in [1.54, 1.807) is 0 Å². The number of carbonyl (C=O) groups is 1. The van der Waals surface area contributed by atoms with E-state index < -0.39 is 0 Å². The van der Waals surface area contributed by atoms with Crippen LogP contribution in [0, 0.1) is 0 Å². The average Bonchev–Trinajstić information content (AvgIpc) is 2.52. The van der Waals surface area contributed by atoms with Gasteiger partial charge in [0.25, 0.3) is 0 Å². The maximum absolute atomic E-state index is 11.7. The smallest absolute Gasteiger partial charge is 0.407 e. The Balaban J connectivity index is 1.74. The number of amides is 1. The maximum Gasteiger partial charge on any atom is 0.407 e. The molecule has 4 heteroatoms. The van der Waals surface area contributed by atoms with Gasteiger partial charge in [-0.25, -0.2) is 4.79 Å². The van der Waals surface area contributed by atoms with Crippen molar-refractivity contribution in [2.45, 2.75) is 19.4 Å². The van der Waals surface area contributed by atoms with E-state index in [9.17, 15) is 4.79 Å². The third-order valence-electron chi connectivity index (χ3n) is 3.20. The van der Waals surface area contributed by atoms with Gasteiger partial charge in [0.15, 0.2) is 0 Å². The van der Waals surface area contributed by atoms with E-state index in [1.165, 1.54) is 5.56 Å². The Kier molecular flexibility index (Phi) is 5.81. The highest BCUT2D eigenvalue weighted by Gasteiger charge is 2.08. The second kappa shape index (κ2) is 7.84. The first-order chi connectivity index (χ1) is 10.1. The number of hydrogen-bond donors (Lipinski definition) is 1. The number of rotatable bonds is 5. The minimum atomic E-state index is -0.386. The summed E-state index contributed by atoms with van der Waals surface area (Å²) in [6.07, 6.45) is -0.386. The lowest BCUT2D eigenvalue weighted by Crippen LogP contribution is -2.28. The first kappa shape index (κ1) is 15.6. The molecule has 1 amide bonds. The summed E-state index contributed by atoms with van der Waals surface area (Å²) in [5.74, 6) is 0.238. The molecule has 3 nitrogen and oxygen atoms in total. The minimum absolute atomic E-state index is 0.238. The highest BCUT2D eigenvalue weighted by Crippen LogP contribution is 2.17.